The molecule has 0 aromatic heterocycles. The molecule has 1 aromatic carbocycles. The van der Waals surface area contributed by atoms with Crippen LogP contribution in [-0.4, -0.2) is 26.1 Å². The van der Waals surface area contributed by atoms with Crippen LogP contribution < -0.4 is 15.4 Å². The molecule has 1 saturated carbocycles. The zero-order valence-electron chi connectivity index (χ0n) is 10.7. The predicted molar refractivity (Wildman–Crippen MR) is 74.4 cm³/mol. The van der Waals surface area contributed by atoms with Crippen LogP contribution in [0.15, 0.2) is 18.2 Å². The van der Waals surface area contributed by atoms with E-state index in [1.54, 1.807) is 6.07 Å². The van der Waals surface area contributed by atoms with E-state index < -0.39 is 5.82 Å². The number of rotatable bonds is 6. The molecule has 1 aromatic rings. The van der Waals surface area contributed by atoms with Gasteiger partial charge in [-0.2, -0.15) is 0 Å². The van der Waals surface area contributed by atoms with Crippen LogP contribution in [0.1, 0.15) is 12.8 Å². The Labute approximate surface area is 118 Å². The molecule has 6 heteroatoms. The molecule has 1 aliphatic rings. The van der Waals surface area contributed by atoms with E-state index in [4.69, 9.17) is 4.74 Å². The Balaban J connectivity index is 0.00000180. The molecule has 0 heterocycles. The Morgan fingerprint density at radius 3 is 2.79 bits per heavy atom. The minimum Gasteiger partial charge on any atom is -0.494 e. The van der Waals surface area contributed by atoms with Gasteiger partial charge in [0.25, 0.3) is 0 Å². The SMILES string of the molecule is COc1ccc(NC(=O)CNCC2CC2)cc1F.Cl. The zero-order valence-corrected chi connectivity index (χ0v) is 11.6. The van der Waals surface area contributed by atoms with Gasteiger partial charge >= 0.3 is 0 Å². The summed E-state index contributed by atoms with van der Waals surface area (Å²) in [4.78, 5) is 11.6. The molecule has 2 rings (SSSR count). The second-order valence-corrected chi connectivity index (χ2v) is 4.47. The molecule has 0 aliphatic heterocycles. The molecule has 0 radical (unpaired) electrons. The summed E-state index contributed by atoms with van der Waals surface area (Å²) < 4.78 is 18.2. The van der Waals surface area contributed by atoms with Crippen molar-refractivity contribution in [1.82, 2.24) is 5.32 Å². The van der Waals surface area contributed by atoms with E-state index in [9.17, 15) is 9.18 Å². The lowest BCUT2D eigenvalue weighted by molar-refractivity contribution is -0.115. The van der Waals surface area contributed by atoms with Gasteiger partial charge in [0.05, 0.1) is 13.7 Å². The van der Waals surface area contributed by atoms with Crippen LogP contribution in [0.25, 0.3) is 0 Å². The predicted octanol–water partition coefficient (Wildman–Crippen LogP) is 2.19. The third kappa shape index (κ3) is 5.04. The van der Waals surface area contributed by atoms with Gasteiger partial charge in [0.1, 0.15) is 0 Å². The van der Waals surface area contributed by atoms with Crippen molar-refractivity contribution >= 4 is 24.0 Å². The summed E-state index contributed by atoms with van der Waals surface area (Å²) in [5, 5.41) is 5.71. The lowest BCUT2D eigenvalue weighted by Gasteiger charge is -2.08. The van der Waals surface area contributed by atoms with Gasteiger partial charge < -0.3 is 15.4 Å². The van der Waals surface area contributed by atoms with Crippen LogP contribution >= 0.6 is 12.4 Å². The molecule has 0 bridgehead atoms. The number of hydrogen-bond acceptors (Lipinski definition) is 3. The monoisotopic (exact) mass is 288 g/mol. The number of carbonyl (C=O) groups excluding carboxylic acids is 1. The number of methoxy groups -OCH3 is 1. The molecule has 1 fully saturated rings. The summed E-state index contributed by atoms with van der Waals surface area (Å²) in [6.07, 6.45) is 2.50. The average Bonchev–Trinajstić information content (AvgIpc) is 3.13. The zero-order chi connectivity index (χ0) is 13.0. The number of benzene rings is 1. The first-order chi connectivity index (χ1) is 8.69. The molecule has 0 saturated heterocycles. The Kier molecular flexibility index (Phi) is 6.05. The van der Waals surface area contributed by atoms with Gasteiger partial charge in [-0.05, 0) is 37.4 Å². The van der Waals surface area contributed by atoms with Crippen molar-refractivity contribution in [3.05, 3.63) is 24.0 Å². The van der Waals surface area contributed by atoms with E-state index in [-0.39, 0.29) is 30.6 Å². The van der Waals surface area contributed by atoms with Crippen LogP contribution in [-0.2, 0) is 4.79 Å². The number of hydrogen-bond donors (Lipinski definition) is 2. The summed E-state index contributed by atoms with van der Waals surface area (Å²) in [6.45, 7) is 1.13. The first-order valence-electron chi connectivity index (χ1n) is 6.03. The largest absolute Gasteiger partial charge is 0.494 e. The van der Waals surface area contributed by atoms with Gasteiger partial charge in [-0.15, -0.1) is 12.4 Å². The topological polar surface area (TPSA) is 50.4 Å². The molecular formula is C13H18ClFN2O2. The quantitative estimate of drug-likeness (QED) is 0.844. The van der Waals surface area contributed by atoms with Crippen molar-refractivity contribution in [2.45, 2.75) is 12.8 Å². The summed E-state index contributed by atoms with van der Waals surface area (Å²) in [5.41, 5.74) is 0.437. The van der Waals surface area contributed by atoms with Crippen molar-refractivity contribution in [1.29, 1.82) is 0 Å². The van der Waals surface area contributed by atoms with Crippen LogP contribution in [0.2, 0.25) is 0 Å². The third-order valence-corrected chi connectivity index (χ3v) is 2.85. The maximum atomic E-state index is 13.4. The first kappa shape index (κ1) is 15.7. The number of amides is 1. The Bertz CT molecular complexity index is 439. The van der Waals surface area contributed by atoms with Gasteiger partial charge in [-0.1, -0.05) is 0 Å². The molecule has 1 aliphatic carbocycles. The van der Waals surface area contributed by atoms with Gasteiger partial charge in [-0.3, -0.25) is 4.79 Å². The Morgan fingerprint density at radius 1 is 1.47 bits per heavy atom. The van der Waals surface area contributed by atoms with Gasteiger partial charge in [-0.25, -0.2) is 4.39 Å². The van der Waals surface area contributed by atoms with Crippen LogP contribution in [0.5, 0.6) is 5.75 Å². The van der Waals surface area contributed by atoms with E-state index in [1.165, 1.54) is 32.1 Å². The van der Waals surface area contributed by atoms with Crippen LogP contribution in [0.4, 0.5) is 10.1 Å². The van der Waals surface area contributed by atoms with Crippen LogP contribution in [0.3, 0.4) is 0 Å². The van der Waals surface area contributed by atoms with Crippen molar-refractivity contribution in [2.24, 2.45) is 5.92 Å². The number of anilines is 1. The lowest BCUT2D eigenvalue weighted by Crippen LogP contribution is -2.29. The third-order valence-electron chi connectivity index (χ3n) is 2.85. The minimum atomic E-state index is -0.485. The van der Waals surface area contributed by atoms with Crippen molar-refractivity contribution in [3.63, 3.8) is 0 Å². The standard InChI is InChI=1S/C13H17FN2O2.ClH/c1-18-12-5-4-10(6-11(12)14)16-13(17)8-15-7-9-2-3-9;/h4-6,9,15H,2-3,7-8H2,1H3,(H,16,17);1H. The van der Waals surface area contributed by atoms with Gasteiger partial charge in [0.15, 0.2) is 11.6 Å². The fraction of sp³-hybridized carbons (Fsp3) is 0.462. The smallest absolute Gasteiger partial charge is 0.238 e. The molecule has 106 valence electrons. The molecule has 4 nitrogen and oxygen atoms in total. The van der Waals surface area contributed by atoms with E-state index >= 15 is 0 Å². The number of nitrogens with one attached hydrogen (secondary N) is 2. The maximum Gasteiger partial charge on any atom is 0.238 e. The summed E-state index contributed by atoms with van der Waals surface area (Å²) in [6, 6.07) is 4.35. The second kappa shape index (κ2) is 7.31. The van der Waals surface area contributed by atoms with E-state index in [2.05, 4.69) is 10.6 Å². The molecule has 0 atom stereocenters. The molecule has 2 N–H and O–H groups in total. The Hall–Kier alpha value is -1.33. The van der Waals surface area contributed by atoms with Gasteiger partial charge in [0.2, 0.25) is 5.91 Å². The second-order valence-electron chi connectivity index (χ2n) is 4.47. The van der Waals surface area contributed by atoms with Gasteiger partial charge in [0, 0.05) is 11.8 Å². The maximum absolute atomic E-state index is 13.4. The Morgan fingerprint density at radius 2 is 2.21 bits per heavy atom. The molecule has 0 spiro atoms. The highest BCUT2D eigenvalue weighted by Crippen LogP contribution is 2.27. The number of halogens is 2. The van der Waals surface area contributed by atoms with E-state index in [0.717, 1.165) is 12.5 Å². The van der Waals surface area contributed by atoms with Crippen LogP contribution in [0, 0.1) is 11.7 Å². The van der Waals surface area contributed by atoms with Crippen molar-refractivity contribution in [3.8, 4) is 5.75 Å². The average molecular weight is 289 g/mol. The highest BCUT2D eigenvalue weighted by molar-refractivity contribution is 5.92. The van der Waals surface area contributed by atoms with E-state index in [0.29, 0.717) is 5.69 Å². The molecular weight excluding hydrogens is 271 g/mol. The highest BCUT2D eigenvalue weighted by Gasteiger charge is 2.20. The highest BCUT2D eigenvalue weighted by atomic mass is 35.5. The minimum absolute atomic E-state index is 0. The lowest BCUT2D eigenvalue weighted by atomic mass is 10.3. The van der Waals surface area contributed by atoms with E-state index in [1.807, 2.05) is 0 Å². The summed E-state index contributed by atoms with van der Waals surface area (Å²) >= 11 is 0. The molecule has 1 amide bonds. The fourth-order valence-corrected chi connectivity index (χ4v) is 1.66. The van der Waals surface area contributed by atoms with Crippen molar-refractivity contribution in [2.75, 3.05) is 25.5 Å². The summed E-state index contributed by atoms with van der Waals surface area (Å²) in [7, 11) is 1.40. The van der Waals surface area contributed by atoms with Crippen molar-refractivity contribution < 1.29 is 13.9 Å². The fourth-order valence-electron chi connectivity index (χ4n) is 1.66. The number of ether oxygens (including phenoxy) is 1. The molecule has 19 heavy (non-hydrogen) atoms. The molecule has 0 unspecified atom stereocenters. The first-order valence-corrected chi connectivity index (χ1v) is 6.03. The normalized spacial score (nSPS) is 13.6. The summed E-state index contributed by atoms with van der Waals surface area (Å²) in [5.74, 6) is 0.248. The number of carbonyl (C=O) groups is 1.